The number of esters is 1. The van der Waals surface area contributed by atoms with Gasteiger partial charge in [-0.1, -0.05) is 6.07 Å². The monoisotopic (exact) mass is 372 g/mol. The van der Waals surface area contributed by atoms with E-state index in [0.29, 0.717) is 5.75 Å². The zero-order valence-electron chi connectivity index (χ0n) is 13.8. The molecule has 0 aromatic heterocycles. The largest absolute Gasteiger partial charge is 0.497 e. The lowest BCUT2D eigenvalue weighted by molar-refractivity contribution is -0.136. The van der Waals surface area contributed by atoms with E-state index in [1.807, 2.05) is 0 Å². The standard InChI is InChI=1S/C18H16F4O4/c1-24-13-4-2-5-14(11-13)26-17(23)12-6-7-16(15(19)10-12)25-9-3-8-18(20,21)22/h2,4-7,10-11H,3,8-9H2,1H3. The van der Waals surface area contributed by atoms with Crippen LogP contribution in [0.1, 0.15) is 23.2 Å². The number of halogens is 4. The highest BCUT2D eigenvalue weighted by molar-refractivity contribution is 5.91. The van der Waals surface area contributed by atoms with Gasteiger partial charge in [0.25, 0.3) is 0 Å². The van der Waals surface area contributed by atoms with Crippen molar-refractivity contribution in [3.63, 3.8) is 0 Å². The van der Waals surface area contributed by atoms with E-state index in [-0.39, 0.29) is 30.1 Å². The second-order valence-corrected chi connectivity index (χ2v) is 5.28. The van der Waals surface area contributed by atoms with Gasteiger partial charge in [0.1, 0.15) is 11.5 Å². The Hall–Kier alpha value is -2.77. The van der Waals surface area contributed by atoms with Crippen molar-refractivity contribution < 1.29 is 36.6 Å². The lowest BCUT2D eigenvalue weighted by Gasteiger charge is -2.10. The summed E-state index contributed by atoms with van der Waals surface area (Å²) in [4.78, 5) is 12.1. The number of carbonyl (C=O) groups excluding carboxylic acids is 1. The minimum atomic E-state index is -4.28. The SMILES string of the molecule is COc1cccc(OC(=O)c2ccc(OCCCC(F)(F)F)c(F)c2)c1. The van der Waals surface area contributed by atoms with Gasteiger partial charge >= 0.3 is 12.1 Å². The molecule has 0 saturated carbocycles. The summed E-state index contributed by atoms with van der Waals surface area (Å²) in [6.45, 7) is -0.288. The van der Waals surface area contributed by atoms with Gasteiger partial charge in [-0.25, -0.2) is 9.18 Å². The smallest absolute Gasteiger partial charge is 0.389 e. The molecular formula is C18H16F4O4. The Kier molecular flexibility index (Phi) is 6.43. The maximum atomic E-state index is 14.0. The Bertz CT molecular complexity index is 759. The predicted molar refractivity (Wildman–Crippen MR) is 85.1 cm³/mol. The fourth-order valence-electron chi connectivity index (χ4n) is 2.03. The average molecular weight is 372 g/mol. The number of hydrogen-bond donors (Lipinski definition) is 0. The number of benzene rings is 2. The number of ether oxygens (including phenoxy) is 3. The van der Waals surface area contributed by atoms with E-state index < -0.39 is 24.4 Å². The zero-order valence-corrected chi connectivity index (χ0v) is 13.8. The van der Waals surface area contributed by atoms with Gasteiger partial charge in [-0.2, -0.15) is 13.2 Å². The molecule has 0 aliphatic heterocycles. The fraction of sp³-hybridized carbons (Fsp3) is 0.278. The van der Waals surface area contributed by atoms with Crippen LogP contribution >= 0.6 is 0 Å². The summed E-state index contributed by atoms with van der Waals surface area (Å²) in [5.41, 5.74) is -0.0621. The molecule has 0 aliphatic carbocycles. The molecule has 2 aromatic rings. The summed E-state index contributed by atoms with van der Waals surface area (Å²) in [6, 6.07) is 9.67. The summed E-state index contributed by atoms with van der Waals surface area (Å²) >= 11 is 0. The van der Waals surface area contributed by atoms with E-state index >= 15 is 0 Å². The molecule has 0 fully saturated rings. The molecule has 0 heterocycles. The highest BCUT2D eigenvalue weighted by atomic mass is 19.4. The molecule has 0 bridgehead atoms. The zero-order chi connectivity index (χ0) is 19.2. The van der Waals surface area contributed by atoms with E-state index in [9.17, 15) is 22.4 Å². The fourth-order valence-corrected chi connectivity index (χ4v) is 2.03. The van der Waals surface area contributed by atoms with Crippen LogP contribution in [0.3, 0.4) is 0 Å². The molecule has 140 valence electrons. The third-order valence-electron chi connectivity index (χ3n) is 3.28. The number of alkyl halides is 3. The molecule has 26 heavy (non-hydrogen) atoms. The van der Waals surface area contributed by atoms with Gasteiger partial charge in [0.05, 0.1) is 19.3 Å². The van der Waals surface area contributed by atoms with Gasteiger partial charge in [0, 0.05) is 12.5 Å². The lowest BCUT2D eigenvalue weighted by atomic mass is 10.2. The lowest BCUT2D eigenvalue weighted by Crippen LogP contribution is -2.11. The first kappa shape index (κ1) is 19.6. The van der Waals surface area contributed by atoms with Crippen LogP contribution in [0.2, 0.25) is 0 Å². The third-order valence-corrected chi connectivity index (χ3v) is 3.28. The molecule has 0 amide bonds. The van der Waals surface area contributed by atoms with Crippen LogP contribution in [0.15, 0.2) is 42.5 Å². The molecule has 0 saturated heterocycles. The Balaban J connectivity index is 1.96. The number of carbonyl (C=O) groups is 1. The second-order valence-electron chi connectivity index (χ2n) is 5.28. The van der Waals surface area contributed by atoms with Crippen molar-refractivity contribution in [2.24, 2.45) is 0 Å². The van der Waals surface area contributed by atoms with Crippen molar-refractivity contribution in [3.8, 4) is 17.2 Å². The van der Waals surface area contributed by atoms with E-state index in [1.54, 1.807) is 12.1 Å². The highest BCUT2D eigenvalue weighted by Crippen LogP contribution is 2.24. The van der Waals surface area contributed by atoms with E-state index in [4.69, 9.17) is 14.2 Å². The van der Waals surface area contributed by atoms with Gasteiger partial charge in [0.2, 0.25) is 0 Å². The number of rotatable bonds is 7. The molecule has 2 aromatic carbocycles. The first-order valence-electron chi connectivity index (χ1n) is 7.64. The molecule has 0 radical (unpaired) electrons. The average Bonchev–Trinajstić information content (AvgIpc) is 2.59. The van der Waals surface area contributed by atoms with Crippen molar-refractivity contribution in [1.29, 1.82) is 0 Å². The van der Waals surface area contributed by atoms with Crippen LogP contribution in [-0.4, -0.2) is 25.9 Å². The first-order chi connectivity index (χ1) is 12.3. The number of hydrogen-bond acceptors (Lipinski definition) is 4. The first-order valence-corrected chi connectivity index (χ1v) is 7.64. The maximum absolute atomic E-state index is 14.0. The van der Waals surface area contributed by atoms with Crippen LogP contribution in [0.25, 0.3) is 0 Å². The predicted octanol–water partition coefficient (Wildman–Crippen LogP) is 4.77. The minimum Gasteiger partial charge on any atom is -0.497 e. The number of methoxy groups -OCH3 is 1. The topological polar surface area (TPSA) is 44.8 Å². The minimum absolute atomic E-state index is 0.0621. The molecule has 0 aliphatic rings. The Morgan fingerprint density at radius 1 is 1.08 bits per heavy atom. The summed E-state index contributed by atoms with van der Waals surface area (Å²) in [6.07, 6.45) is -5.59. The van der Waals surface area contributed by atoms with Crippen molar-refractivity contribution in [1.82, 2.24) is 0 Å². The van der Waals surface area contributed by atoms with Gasteiger partial charge in [0.15, 0.2) is 11.6 Å². The molecule has 0 N–H and O–H groups in total. The molecule has 0 unspecified atom stereocenters. The second kappa shape index (κ2) is 8.55. The van der Waals surface area contributed by atoms with Crippen molar-refractivity contribution >= 4 is 5.97 Å². The van der Waals surface area contributed by atoms with Gasteiger partial charge in [-0.05, 0) is 36.8 Å². The van der Waals surface area contributed by atoms with Crippen LogP contribution in [0, 0.1) is 5.82 Å². The van der Waals surface area contributed by atoms with Crippen molar-refractivity contribution in [3.05, 3.63) is 53.8 Å². The maximum Gasteiger partial charge on any atom is 0.389 e. The molecule has 0 atom stereocenters. The molecule has 2 rings (SSSR count). The Labute approximate surface area is 147 Å². The van der Waals surface area contributed by atoms with E-state index in [0.717, 1.165) is 6.07 Å². The highest BCUT2D eigenvalue weighted by Gasteiger charge is 2.26. The molecule has 4 nitrogen and oxygen atoms in total. The Morgan fingerprint density at radius 3 is 2.46 bits per heavy atom. The summed E-state index contributed by atoms with van der Waals surface area (Å²) in [5, 5.41) is 0. The van der Waals surface area contributed by atoms with Crippen LogP contribution < -0.4 is 14.2 Å². The van der Waals surface area contributed by atoms with Crippen molar-refractivity contribution in [2.45, 2.75) is 19.0 Å². The Morgan fingerprint density at radius 2 is 1.81 bits per heavy atom. The van der Waals surface area contributed by atoms with Crippen LogP contribution in [0.5, 0.6) is 17.2 Å². The van der Waals surface area contributed by atoms with Gasteiger partial charge < -0.3 is 14.2 Å². The molecular weight excluding hydrogens is 356 g/mol. The van der Waals surface area contributed by atoms with Crippen LogP contribution in [0.4, 0.5) is 17.6 Å². The van der Waals surface area contributed by atoms with Crippen molar-refractivity contribution in [2.75, 3.05) is 13.7 Å². The summed E-state index contributed by atoms with van der Waals surface area (Å²) in [7, 11) is 1.46. The summed E-state index contributed by atoms with van der Waals surface area (Å²) in [5.74, 6) is -1.17. The van der Waals surface area contributed by atoms with E-state index in [2.05, 4.69) is 0 Å². The van der Waals surface area contributed by atoms with Crippen LogP contribution in [-0.2, 0) is 0 Å². The van der Waals surface area contributed by atoms with Gasteiger partial charge in [-0.3, -0.25) is 0 Å². The normalized spacial score (nSPS) is 11.1. The van der Waals surface area contributed by atoms with Gasteiger partial charge in [-0.15, -0.1) is 0 Å². The quantitative estimate of drug-likeness (QED) is 0.304. The molecule has 0 spiro atoms. The third kappa shape index (κ3) is 5.94. The molecule has 8 heteroatoms. The van der Waals surface area contributed by atoms with E-state index in [1.165, 1.54) is 31.4 Å². The summed E-state index contributed by atoms with van der Waals surface area (Å²) < 4.78 is 65.2.